The number of hydrogen-bond acceptors (Lipinski definition) is 4. The van der Waals surface area contributed by atoms with Crippen LogP contribution >= 0.6 is 11.6 Å². The maximum atomic E-state index is 14.1. The van der Waals surface area contributed by atoms with E-state index in [0.29, 0.717) is 50.6 Å². The Balaban J connectivity index is 1.38. The fraction of sp³-hybridized carbons (Fsp3) is 0.333. The Morgan fingerprint density at radius 3 is 2.59 bits per heavy atom. The number of halogens is 1. The average molecular weight is 589 g/mol. The van der Waals surface area contributed by atoms with Crippen LogP contribution in [-0.4, -0.2) is 46.7 Å². The van der Waals surface area contributed by atoms with E-state index in [1.54, 1.807) is 59.5 Å². The molecule has 2 aliphatic heterocycles. The van der Waals surface area contributed by atoms with Crippen molar-refractivity contribution in [2.75, 3.05) is 24.6 Å². The van der Waals surface area contributed by atoms with Crippen LogP contribution in [0.4, 0.5) is 5.69 Å². The summed E-state index contributed by atoms with van der Waals surface area (Å²) in [4.78, 5) is 32.6. The molecule has 0 unspecified atom stereocenters. The molecule has 0 radical (unpaired) electrons. The second-order valence-corrected chi connectivity index (χ2v) is 12.8. The maximum absolute atomic E-state index is 14.1. The molecule has 6 rings (SSSR count). The molecule has 1 aliphatic carbocycles. The van der Waals surface area contributed by atoms with E-state index in [2.05, 4.69) is 12.2 Å². The lowest BCUT2D eigenvalue weighted by molar-refractivity contribution is 0.0483. The molecule has 3 aliphatic rings. The van der Waals surface area contributed by atoms with Crippen molar-refractivity contribution in [2.24, 2.45) is 5.92 Å². The highest BCUT2D eigenvalue weighted by Crippen LogP contribution is 2.36. The number of hydrogen-bond donors (Lipinski definition) is 0. The van der Waals surface area contributed by atoms with Gasteiger partial charge in [-0.15, -0.1) is 0 Å². The first kappa shape index (κ1) is 27.9. The zero-order chi connectivity index (χ0) is 28.3. The topological polar surface area (TPSA) is 66.9 Å². The third-order valence-corrected chi connectivity index (χ3v) is 9.86. The van der Waals surface area contributed by atoms with Crippen molar-refractivity contribution in [1.29, 1.82) is 0 Å². The Morgan fingerprint density at radius 2 is 1.83 bits per heavy atom. The Bertz CT molecular complexity index is 1500. The number of amides is 2. The number of benzene rings is 3. The molecule has 1 saturated heterocycles. The molecule has 3 aromatic carbocycles. The monoisotopic (exact) mass is 588 g/mol. The summed E-state index contributed by atoms with van der Waals surface area (Å²) in [5.74, 6) is 0.0536. The number of carbonyl (C=O) groups is 2. The molecular weight excluding hydrogens is 556 g/mol. The van der Waals surface area contributed by atoms with E-state index in [1.807, 2.05) is 17.0 Å². The highest BCUT2D eigenvalue weighted by molar-refractivity contribution is 7.85. The van der Waals surface area contributed by atoms with Crippen LogP contribution in [0, 0.1) is 5.92 Å². The summed E-state index contributed by atoms with van der Waals surface area (Å²) in [7, 11) is -1.59. The summed E-state index contributed by atoms with van der Waals surface area (Å²) in [6, 6.07) is 19.6. The molecule has 0 bridgehead atoms. The van der Waals surface area contributed by atoms with Gasteiger partial charge in [0.05, 0.1) is 44.5 Å². The van der Waals surface area contributed by atoms with Gasteiger partial charge in [-0.2, -0.15) is 0 Å². The Kier molecular flexibility index (Phi) is 8.37. The van der Waals surface area contributed by atoms with Crippen LogP contribution in [0.3, 0.4) is 0 Å². The zero-order valence-corrected chi connectivity index (χ0v) is 24.4. The third-order valence-electron chi connectivity index (χ3n) is 8.10. The van der Waals surface area contributed by atoms with Crippen molar-refractivity contribution >= 4 is 39.9 Å². The van der Waals surface area contributed by atoms with Crippen LogP contribution in [0.25, 0.3) is 0 Å². The summed E-state index contributed by atoms with van der Waals surface area (Å²) in [5, 5.41) is 0.607. The summed E-state index contributed by atoms with van der Waals surface area (Å²) in [6.45, 7) is 2.18. The van der Waals surface area contributed by atoms with E-state index in [-0.39, 0.29) is 24.5 Å². The van der Waals surface area contributed by atoms with Crippen molar-refractivity contribution in [3.05, 3.63) is 101 Å². The highest BCUT2D eigenvalue weighted by atomic mass is 35.5. The SMILES string of the molecule is O=C(c1ccc2c(c1)N(Cc1ccc(Cl)cc1)C(=O)c1ccccc1[S@@]2=O)N(C[C@H]1CC=CCC1)C[C@@H]1CCCO1. The van der Waals surface area contributed by atoms with Crippen molar-refractivity contribution < 1.29 is 18.5 Å². The number of ether oxygens (including phenoxy) is 1. The van der Waals surface area contributed by atoms with E-state index < -0.39 is 10.8 Å². The van der Waals surface area contributed by atoms with Crippen LogP contribution in [-0.2, 0) is 22.1 Å². The smallest absolute Gasteiger partial charge is 0.259 e. The average Bonchev–Trinajstić information content (AvgIpc) is 3.50. The normalized spacial score (nSPS) is 21.7. The van der Waals surface area contributed by atoms with Gasteiger partial charge in [-0.3, -0.25) is 9.59 Å². The molecule has 41 heavy (non-hydrogen) atoms. The third kappa shape index (κ3) is 6.03. The molecule has 212 valence electrons. The summed E-state index contributed by atoms with van der Waals surface area (Å²) < 4.78 is 19.7. The molecule has 0 N–H and O–H groups in total. The van der Waals surface area contributed by atoms with Crippen molar-refractivity contribution in [3.8, 4) is 0 Å². The molecule has 6 nitrogen and oxygen atoms in total. The Morgan fingerprint density at radius 1 is 1.00 bits per heavy atom. The second kappa shape index (κ2) is 12.3. The van der Waals surface area contributed by atoms with Crippen molar-refractivity contribution in [1.82, 2.24) is 4.90 Å². The number of anilines is 1. The lowest BCUT2D eigenvalue weighted by atomic mass is 9.93. The minimum absolute atomic E-state index is 0.0314. The number of nitrogens with zero attached hydrogens (tertiary/aromatic N) is 2. The van der Waals surface area contributed by atoms with Gasteiger partial charge in [0.25, 0.3) is 11.8 Å². The molecule has 3 aromatic rings. The van der Waals surface area contributed by atoms with Crippen LogP contribution in [0.5, 0.6) is 0 Å². The first-order valence-corrected chi connectivity index (χ1v) is 15.8. The predicted octanol–water partition coefficient (Wildman–Crippen LogP) is 6.64. The largest absolute Gasteiger partial charge is 0.376 e. The molecule has 2 heterocycles. The molecule has 2 amide bonds. The van der Waals surface area contributed by atoms with Crippen molar-refractivity contribution in [2.45, 2.75) is 54.5 Å². The molecule has 1 fully saturated rings. The quantitative estimate of drug-likeness (QED) is 0.290. The van der Waals surface area contributed by atoms with E-state index in [0.717, 1.165) is 44.3 Å². The van der Waals surface area contributed by atoms with Gasteiger partial charge in [0.2, 0.25) is 0 Å². The fourth-order valence-corrected chi connectivity index (χ4v) is 7.39. The van der Waals surface area contributed by atoms with Gasteiger partial charge in [0, 0.05) is 30.3 Å². The number of carbonyl (C=O) groups excluding carboxylic acids is 2. The van der Waals surface area contributed by atoms with Crippen LogP contribution in [0.15, 0.2) is 88.7 Å². The number of allylic oxidation sites excluding steroid dienone is 2. The molecule has 8 heteroatoms. The lowest BCUT2D eigenvalue weighted by Gasteiger charge is -2.31. The van der Waals surface area contributed by atoms with Gasteiger partial charge >= 0.3 is 0 Å². The predicted molar refractivity (Wildman–Crippen MR) is 161 cm³/mol. The van der Waals surface area contributed by atoms with Gasteiger partial charge in [0.1, 0.15) is 0 Å². The van der Waals surface area contributed by atoms with Gasteiger partial charge < -0.3 is 14.5 Å². The maximum Gasteiger partial charge on any atom is 0.259 e. The Labute approximate surface area is 248 Å². The molecule has 3 atom stereocenters. The van der Waals surface area contributed by atoms with Crippen LogP contribution in [0.2, 0.25) is 5.02 Å². The summed E-state index contributed by atoms with van der Waals surface area (Å²) in [6.07, 6.45) is 9.43. The molecule has 0 aromatic heterocycles. The first-order valence-electron chi connectivity index (χ1n) is 14.2. The van der Waals surface area contributed by atoms with Crippen LogP contribution in [0.1, 0.15) is 58.4 Å². The lowest BCUT2D eigenvalue weighted by Crippen LogP contribution is -2.41. The molecular formula is C33H33ClN2O4S. The number of rotatable bonds is 7. The minimum Gasteiger partial charge on any atom is -0.376 e. The molecule has 0 spiro atoms. The fourth-order valence-electron chi connectivity index (χ4n) is 5.92. The van der Waals surface area contributed by atoms with Gasteiger partial charge in [-0.1, -0.05) is 48.0 Å². The van der Waals surface area contributed by atoms with Crippen LogP contribution < -0.4 is 4.90 Å². The minimum atomic E-state index is -1.59. The van der Waals surface area contributed by atoms with E-state index in [1.165, 1.54) is 0 Å². The summed E-state index contributed by atoms with van der Waals surface area (Å²) >= 11 is 6.12. The van der Waals surface area contributed by atoms with Gasteiger partial charge in [-0.05, 0) is 86.1 Å². The summed E-state index contributed by atoms with van der Waals surface area (Å²) in [5.41, 5.74) is 2.24. The Hall–Kier alpha value is -3.26. The van der Waals surface area contributed by atoms with E-state index in [9.17, 15) is 13.8 Å². The first-order chi connectivity index (χ1) is 20.0. The molecule has 0 saturated carbocycles. The highest BCUT2D eigenvalue weighted by Gasteiger charge is 2.33. The van der Waals surface area contributed by atoms with Gasteiger partial charge in [-0.25, -0.2) is 4.21 Å². The van der Waals surface area contributed by atoms with E-state index in [4.69, 9.17) is 16.3 Å². The zero-order valence-electron chi connectivity index (χ0n) is 22.8. The van der Waals surface area contributed by atoms with Gasteiger partial charge in [0.15, 0.2) is 0 Å². The second-order valence-electron chi connectivity index (χ2n) is 11.0. The number of fused-ring (bicyclic) bond motifs is 2. The van der Waals surface area contributed by atoms with E-state index >= 15 is 0 Å². The standard InChI is InChI=1S/C33H33ClN2O4S/c34-26-15-12-24(13-16-26)21-36-29-19-25(14-17-31(29)41(39)30-11-5-4-10-28(30)33(36)38)32(37)35(22-27-9-6-18-40-27)20-23-7-2-1-3-8-23/h1-2,4-5,10-17,19,23,27H,3,6-9,18,20-22H2/t23-,27-,41-/m0/s1. The van der Waals surface area contributed by atoms with Crippen molar-refractivity contribution in [3.63, 3.8) is 0 Å².